The second-order valence-electron chi connectivity index (χ2n) is 6.54. The molecule has 0 saturated heterocycles. The average molecular weight is 435 g/mol. The molecule has 0 unspecified atom stereocenters. The van der Waals surface area contributed by atoms with Gasteiger partial charge < -0.3 is 5.32 Å². The minimum Gasteiger partial charge on any atom is -0.351 e. The summed E-state index contributed by atoms with van der Waals surface area (Å²) in [5, 5.41) is 13.0. The molecule has 0 atom stereocenters. The highest BCUT2D eigenvalue weighted by atomic mass is 35.5. The fourth-order valence-corrected chi connectivity index (χ4v) is 3.84. The van der Waals surface area contributed by atoms with Crippen molar-refractivity contribution in [2.45, 2.75) is 11.7 Å². The molecular formula is C23H19ClN4OS. The Kier molecular flexibility index (Phi) is 6.47. The first kappa shape index (κ1) is 20.2. The van der Waals surface area contributed by atoms with Crippen molar-refractivity contribution < 1.29 is 4.79 Å². The Morgan fingerprint density at radius 1 is 0.900 bits per heavy atom. The van der Waals surface area contributed by atoms with Crippen molar-refractivity contribution in [3.8, 4) is 17.1 Å². The Bertz CT molecular complexity index is 1120. The van der Waals surface area contributed by atoms with Crippen molar-refractivity contribution in [2.24, 2.45) is 0 Å². The van der Waals surface area contributed by atoms with E-state index >= 15 is 0 Å². The van der Waals surface area contributed by atoms with Crippen molar-refractivity contribution in [3.63, 3.8) is 0 Å². The highest BCUT2D eigenvalue weighted by Crippen LogP contribution is 2.28. The molecule has 0 spiro atoms. The van der Waals surface area contributed by atoms with Crippen molar-refractivity contribution in [1.29, 1.82) is 0 Å². The monoisotopic (exact) mass is 434 g/mol. The second kappa shape index (κ2) is 9.61. The fraction of sp³-hybridized carbons (Fsp3) is 0.0870. The maximum Gasteiger partial charge on any atom is 0.230 e. The Morgan fingerprint density at radius 3 is 2.27 bits per heavy atom. The number of halogens is 1. The van der Waals surface area contributed by atoms with E-state index in [0.29, 0.717) is 22.5 Å². The average Bonchev–Trinajstić information content (AvgIpc) is 3.22. The molecule has 0 fully saturated rings. The van der Waals surface area contributed by atoms with E-state index in [9.17, 15) is 4.79 Å². The standard InChI is InChI=1S/C23H19ClN4OS/c24-19-13-11-18(12-14-19)22-26-27-23(28(22)20-9-5-2-6-10-20)30-16-21(29)25-15-17-7-3-1-4-8-17/h1-14H,15-16H2,(H,25,29). The smallest absolute Gasteiger partial charge is 0.230 e. The number of amides is 1. The molecule has 0 saturated carbocycles. The topological polar surface area (TPSA) is 59.8 Å². The van der Waals surface area contributed by atoms with Gasteiger partial charge in [-0.05, 0) is 42.0 Å². The molecule has 4 rings (SSSR count). The largest absolute Gasteiger partial charge is 0.351 e. The van der Waals surface area contributed by atoms with E-state index in [2.05, 4.69) is 15.5 Å². The molecule has 3 aromatic carbocycles. The first-order valence-electron chi connectivity index (χ1n) is 9.41. The van der Waals surface area contributed by atoms with Gasteiger partial charge in [-0.15, -0.1) is 10.2 Å². The van der Waals surface area contributed by atoms with Crippen LogP contribution in [0.3, 0.4) is 0 Å². The van der Waals surface area contributed by atoms with Crippen LogP contribution in [0, 0.1) is 0 Å². The van der Waals surface area contributed by atoms with E-state index in [0.717, 1.165) is 16.8 Å². The van der Waals surface area contributed by atoms with Crippen molar-refractivity contribution >= 4 is 29.3 Å². The third-order valence-electron chi connectivity index (χ3n) is 4.42. The number of hydrogen-bond donors (Lipinski definition) is 1. The van der Waals surface area contributed by atoms with Gasteiger partial charge in [0.2, 0.25) is 5.91 Å². The zero-order valence-electron chi connectivity index (χ0n) is 16.0. The number of benzene rings is 3. The predicted molar refractivity (Wildman–Crippen MR) is 121 cm³/mol. The molecule has 1 aromatic heterocycles. The van der Waals surface area contributed by atoms with Crippen molar-refractivity contribution in [2.75, 3.05) is 5.75 Å². The van der Waals surface area contributed by atoms with E-state index in [1.807, 2.05) is 89.5 Å². The molecule has 4 aromatic rings. The number of rotatable bonds is 7. The van der Waals surface area contributed by atoms with Crippen LogP contribution >= 0.6 is 23.4 Å². The zero-order chi connectivity index (χ0) is 20.8. The maximum atomic E-state index is 12.3. The maximum absolute atomic E-state index is 12.3. The van der Waals surface area contributed by atoms with Crippen LogP contribution < -0.4 is 5.32 Å². The Labute approximate surface area is 184 Å². The number of carbonyl (C=O) groups excluding carboxylic acids is 1. The molecule has 0 aliphatic carbocycles. The number of hydrogen-bond acceptors (Lipinski definition) is 4. The van der Waals surface area contributed by atoms with Gasteiger partial charge in [0.05, 0.1) is 5.75 Å². The molecule has 1 amide bonds. The van der Waals surface area contributed by atoms with E-state index in [1.54, 1.807) is 0 Å². The summed E-state index contributed by atoms with van der Waals surface area (Å²) in [6, 6.07) is 27.2. The third-order valence-corrected chi connectivity index (χ3v) is 5.60. The van der Waals surface area contributed by atoms with Crippen LogP contribution in [0.1, 0.15) is 5.56 Å². The molecule has 5 nitrogen and oxygen atoms in total. The summed E-state index contributed by atoms with van der Waals surface area (Å²) in [6.45, 7) is 0.502. The zero-order valence-corrected chi connectivity index (χ0v) is 17.6. The second-order valence-corrected chi connectivity index (χ2v) is 7.91. The van der Waals surface area contributed by atoms with E-state index in [4.69, 9.17) is 11.6 Å². The van der Waals surface area contributed by atoms with Crippen LogP contribution in [0.25, 0.3) is 17.1 Å². The van der Waals surface area contributed by atoms with Gasteiger partial charge in [-0.2, -0.15) is 0 Å². The number of carbonyl (C=O) groups is 1. The molecule has 1 heterocycles. The molecule has 0 radical (unpaired) electrons. The minimum atomic E-state index is -0.0560. The van der Waals surface area contributed by atoms with Crippen LogP contribution in [0.5, 0.6) is 0 Å². The van der Waals surface area contributed by atoms with Crippen LogP contribution in [0.4, 0.5) is 0 Å². The van der Waals surface area contributed by atoms with Gasteiger partial charge in [-0.1, -0.05) is 71.9 Å². The van der Waals surface area contributed by atoms with Gasteiger partial charge in [0.15, 0.2) is 11.0 Å². The third kappa shape index (κ3) is 4.90. The Morgan fingerprint density at radius 2 is 1.57 bits per heavy atom. The predicted octanol–water partition coefficient (Wildman–Crippen LogP) is 5.00. The first-order chi connectivity index (χ1) is 14.7. The van der Waals surface area contributed by atoms with E-state index < -0.39 is 0 Å². The lowest BCUT2D eigenvalue weighted by Crippen LogP contribution is -2.24. The van der Waals surface area contributed by atoms with Gasteiger partial charge >= 0.3 is 0 Å². The Balaban J connectivity index is 1.53. The van der Waals surface area contributed by atoms with Crippen LogP contribution in [0.2, 0.25) is 5.02 Å². The lowest BCUT2D eigenvalue weighted by molar-refractivity contribution is -0.118. The van der Waals surface area contributed by atoms with E-state index in [-0.39, 0.29) is 11.7 Å². The van der Waals surface area contributed by atoms with Gasteiger partial charge in [0, 0.05) is 22.8 Å². The quantitative estimate of drug-likeness (QED) is 0.416. The number of nitrogens with one attached hydrogen (secondary N) is 1. The molecule has 0 aliphatic heterocycles. The van der Waals surface area contributed by atoms with Gasteiger partial charge in [-0.3, -0.25) is 9.36 Å². The van der Waals surface area contributed by atoms with Crippen LogP contribution in [-0.2, 0) is 11.3 Å². The van der Waals surface area contributed by atoms with Crippen molar-refractivity contribution in [1.82, 2.24) is 20.1 Å². The minimum absolute atomic E-state index is 0.0560. The molecule has 150 valence electrons. The van der Waals surface area contributed by atoms with Crippen molar-refractivity contribution in [3.05, 3.63) is 95.5 Å². The summed E-state index contributed by atoms with van der Waals surface area (Å²) >= 11 is 7.38. The first-order valence-corrected chi connectivity index (χ1v) is 10.8. The molecular weight excluding hydrogens is 416 g/mol. The number of para-hydroxylation sites is 1. The molecule has 1 N–H and O–H groups in total. The molecule has 0 bridgehead atoms. The van der Waals surface area contributed by atoms with Gasteiger partial charge in [0.1, 0.15) is 0 Å². The fourth-order valence-electron chi connectivity index (χ4n) is 2.94. The summed E-state index contributed by atoms with van der Waals surface area (Å²) in [7, 11) is 0. The highest BCUT2D eigenvalue weighted by molar-refractivity contribution is 7.99. The summed E-state index contributed by atoms with van der Waals surface area (Å²) in [6.07, 6.45) is 0. The summed E-state index contributed by atoms with van der Waals surface area (Å²) in [5.41, 5.74) is 2.89. The van der Waals surface area contributed by atoms with Gasteiger partial charge in [0.25, 0.3) is 0 Å². The normalized spacial score (nSPS) is 10.7. The molecule has 7 heteroatoms. The molecule has 0 aliphatic rings. The summed E-state index contributed by atoms with van der Waals surface area (Å²) in [4.78, 5) is 12.3. The van der Waals surface area contributed by atoms with E-state index in [1.165, 1.54) is 11.8 Å². The summed E-state index contributed by atoms with van der Waals surface area (Å²) in [5.74, 6) is 0.892. The molecule has 30 heavy (non-hydrogen) atoms. The van der Waals surface area contributed by atoms with Gasteiger partial charge in [-0.25, -0.2) is 0 Å². The lowest BCUT2D eigenvalue weighted by Gasteiger charge is -2.10. The lowest BCUT2D eigenvalue weighted by atomic mass is 10.2. The summed E-state index contributed by atoms with van der Waals surface area (Å²) < 4.78 is 1.96. The van der Waals surface area contributed by atoms with Crippen LogP contribution in [-0.4, -0.2) is 26.4 Å². The number of thioether (sulfide) groups is 1. The number of nitrogens with zero attached hydrogens (tertiary/aromatic N) is 3. The number of aromatic nitrogens is 3. The van der Waals surface area contributed by atoms with Crippen LogP contribution in [0.15, 0.2) is 90.1 Å². The highest BCUT2D eigenvalue weighted by Gasteiger charge is 2.17. The Hall–Kier alpha value is -3.09. The SMILES string of the molecule is O=C(CSc1nnc(-c2ccc(Cl)cc2)n1-c1ccccc1)NCc1ccccc1.